The van der Waals surface area contributed by atoms with Gasteiger partial charge in [-0.2, -0.15) is 14.7 Å². The molecule has 0 aromatic carbocycles. The van der Waals surface area contributed by atoms with Gasteiger partial charge in [0.1, 0.15) is 18.5 Å². The van der Waals surface area contributed by atoms with Gasteiger partial charge in [-0.3, -0.25) is 4.68 Å². The molecular formula is C13H17N7. The third-order valence-electron chi connectivity index (χ3n) is 3.01. The number of nitrogens with zero attached hydrogens (tertiary/aromatic N) is 6. The number of rotatable bonds is 5. The molecule has 0 amide bonds. The second-order valence-corrected chi connectivity index (χ2v) is 4.78. The van der Waals surface area contributed by atoms with Crippen molar-refractivity contribution in [3.8, 4) is 0 Å². The number of hydrogen-bond acceptors (Lipinski definition) is 5. The molecule has 0 atom stereocenters. The number of hydrogen-bond donors (Lipinski definition) is 1. The summed E-state index contributed by atoms with van der Waals surface area (Å²) in [6.07, 6.45) is 4.24. The van der Waals surface area contributed by atoms with E-state index in [-0.39, 0.29) is 0 Å². The minimum Gasteiger partial charge on any atom is -0.370 e. The number of aromatic nitrogens is 6. The predicted octanol–water partition coefficient (Wildman–Crippen LogP) is 1.44. The lowest BCUT2D eigenvalue weighted by atomic mass is 10.4. The first kappa shape index (κ1) is 12.6. The number of fused-ring (bicyclic) bond motifs is 1. The molecule has 3 aromatic heterocycles. The lowest BCUT2D eigenvalue weighted by molar-refractivity contribution is 0.589. The maximum Gasteiger partial charge on any atom is 0.157 e. The van der Waals surface area contributed by atoms with Crippen molar-refractivity contribution in [1.29, 1.82) is 0 Å². The molecule has 0 saturated heterocycles. The van der Waals surface area contributed by atoms with Gasteiger partial charge in [0.05, 0.1) is 5.69 Å². The van der Waals surface area contributed by atoms with Crippen molar-refractivity contribution in [2.24, 2.45) is 0 Å². The lowest BCUT2D eigenvalue weighted by Crippen LogP contribution is -2.10. The van der Waals surface area contributed by atoms with Crippen LogP contribution in [-0.2, 0) is 6.54 Å². The highest BCUT2D eigenvalue weighted by atomic mass is 15.3. The van der Waals surface area contributed by atoms with Crippen molar-refractivity contribution in [2.75, 3.05) is 11.9 Å². The first-order valence-electron chi connectivity index (χ1n) is 6.63. The summed E-state index contributed by atoms with van der Waals surface area (Å²) in [7, 11) is 0. The molecule has 0 aliphatic heterocycles. The number of anilines is 1. The summed E-state index contributed by atoms with van der Waals surface area (Å²) in [4.78, 5) is 8.39. The van der Waals surface area contributed by atoms with Crippen LogP contribution in [0.2, 0.25) is 0 Å². The van der Waals surface area contributed by atoms with Crippen LogP contribution in [-0.4, -0.2) is 35.9 Å². The minimum atomic E-state index is 0.845. The normalized spacial score (nSPS) is 11.1. The van der Waals surface area contributed by atoms with E-state index in [2.05, 4.69) is 25.5 Å². The molecule has 0 aliphatic carbocycles. The fourth-order valence-electron chi connectivity index (χ4n) is 2.15. The Labute approximate surface area is 116 Å². The summed E-state index contributed by atoms with van der Waals surface area (Å²) in [6, 6.07) is 3.99. The monoisotopic (exact) mass is 271 g/mol. The van der Waals surface area contributed by atoms with Crippen LogP contribution >= 0.6 is 0 Å². The van der Waals surface area contributed by atoms with Crippen molar-refractivity contribution in [2.45, 2.75) is 26.8 Å². The molecule has 0 bridgehead atoms. The Balaban J connectivity index is 1.67. The van der Waals surface area contributed by atoms with Crippen LogP contribution in [0.15, 0.2) is 24.8 Å². The van der Waals surface area contributed by atoms with Crippen molar-refractivity contribution >= 4 is 11.5 Å². The molecule has 0 aliphatic rings. The Hall–Kier alpha value is -2.44. The van der Waals surface area contributed by atoms with E-state index in [0.717, 1.165) is 42.4 Å². The van der Waals surface area contributed by atoms with E-state index >= 15 is 0 Å². The molecule has 3 rings (SSSR count). The highest BCUT2D eigenvalue weighted by Gasteiger charge is 2.05. The molecule has 20 heavy (non-hydrogen) atoms. The highest BCUT2D eigenvalue weighted by molar-refractivity contribution is 5.50. The van der Waals surface area contributed by atoms with E-state index in [1.54, 1.807) is 12.7 Å². The lowest BCUT2D eigenvalue weighted by Gasteiger charge is -2.09. The Morgan fingerprint density at radius 1 is 1.20 bits per heavy atom. The van der Waals surface area contributed by atoms with E-state index in [1.807, 2.05) is 35.2 Å². The van der Waals surface area contributed by atoms with E-state index in [9.17, 15) is 0 Å². The first-order valence-corrected chi connectivity index (χ1v) is 6.63. The second-order valence-electron chi connectivity index (χ2n) is 4.78. The third kappa shape index (κ3) is 2.61. The van der Waals surface area contributed by atoms with Gasteiger partial charge in [-0.15, -0.1) is 0 Å². The van der Waals surface area contributed by atoms with Gasteiger partial charge in [0.2, 0.25) is 0 Å². The molecule has 1 N–H and O–H groups in total. The molecule has 7 nitrogen and oxygen atoms in total. The maximum absolute atomic E-state index is 4.46. The Morgan fingerprint density at radius 2 is 2.10 bits per heavy atom. The Bertz CT molecular complexity index is 699. The van der Waals surface area contributed by atoms with Crippen LogP contribution in [0.4, 0.5) is 5.82 Å². The predicted molar refractivity (Wildman–Crippen MR) is 75.6 cm³/mol. The molecule has 0 fully saturated rings. The molecule has 104 valence electrons. The van der Waals surface area contributed by atoms with Crippen LogP contribution < -0.4 is 5.32 Å². The van der Waals surface area contributed by atoms with Gasteiger partial charge < -0.3 is 5.32 Å². The quantitative estimate of drug-likeness (QED) is 0.711. The zero-order valence-corrected chi connectivity index (χ0v) is 11.6. The first-order chi connectivity index (χ1) is 9.72. The van der Waals surface area contributed by atoms with Crippen LogP contribution in [0.3, 0.4) is 0 Å². The van der Waals surface area contributed by atoms with Crippen LogP contribution in [0, 0.1) is 13.8 Å². The molecular weight excluding hydrogens is 254 g/mol. The topological polar surface area (TPSA) is 72.9 Å². The largest absolute Gasteiger partial charge is 0.370 e. The summed E-state index contributed by atoms with van der Waals surface area (Å²) in [5.74, 6) is 0.971. The second kappa shape index (κ2) is 5.28. The van der Waals surface area contributed by atoms with Gasteiger partial charge in [0, 0.05) is 30.9 Å². The van der Waals surface area contributed by atoms with E-state index < -0.39 is 0 Å². The fourth-order valence-corrected chi connectivity index (χ4v) is 2.15. The third-order valence-corrected chi connectivity index (χ3v) is 3.01. The van der Waals surface area contributed by atoms with Crippen molar-refractivity contribution in [1.82, 2.24) is 29.4 Å². The molecule has 0 unspecified atom stereocenters. The van der Waals surface area contributed by atoms with Crippen LogP contribution in [0.5, 0.6) is 0 Å². The van der Waals surface area contributed by atoms with Crippen LogP contribution in [0.25, 0.3) is 5.65 Å². The van der Waals surface area contributed by atoms with Gasteiger partial charge in [0.15, 0.2) is 5.65 Å². The maximum atomic E-state index is 4.46. The van der Waals surface area contributed by atoms with Crippen LogP contribution in [0.1, 0.15) is 17.8 Å². The summed E-state index contributed by atoms with van der Waals surface area (Å²) in [5, 5.41) is 11.9. The van der Waals surface area contributed by atoms with Gasteiger partial charge in [-0.1, -0.05) is 0 Å². The molecule has 0 radical (unpaired) electrons. The van der Waals surface area contributed by atoms with E-state index in [1.165, 1.54) is 0 Å². The smallest absolute Gasteiger partial charge is 0.157 e. The van der Waals surface area contributed by atoms with Gasteiger partial charge in [-0.25, -0.2) is 9.97 Å². The molecule has 7 heteroatoms. The fraction of sp³-hybridized carbons (Fsp3) is 0.385. The summed E-state index contributed by atoms with van der Waals surface area (Å²) in [6.45, 7) is 5.65. The zero-order chi connectivity index (χ0) is 13.9. The van der Waals surface area contributed by atoms with E-state index in [4.69, 9.17) is 0 Å². The average Bonchev–Trinajstić information content (AvgIpc) is 3.02. The number of nitrogens with one attached hydrogen (secondary N) is 1. The van der Waals surface area contributed by atoms with Crippen molar-refractivity contribution < 1.29 is 0 Å². The van der Waals surface area contributed by atoms with Crippen molar-refractivity contribution in [3.05, 3.63) is 36.2 Å². The zero-order valence-electron chi connectivity index (χ0n) is 11.6. The molecule has 0 saturated carbocycles. The van der Waals surface area contributed by atoms with Gasteiger partial charge >= 0.3 is 0 Å². The SMILES string of the molecule is Cc1cc(NCCCn2cncn2)n2nc(C)cc2n1. The summed E-state index contributed by atoms with van der Waals surface area (Å²) in [5.41, 5.74) is 2.83. The Kier molecular flexibility index (Phi) is 3.32. The van der Waals surface area contributed by atoms with E-state index in [0.29, 0.717) is 0 Å². The highest BCUT2D eigenvalue weighted by Crippen LogP contribution is 2.13. The summed E-state index contributed by atoms with van der Waals surface area (Å²) >= 11 is 0. The summed E-state index contributed by atoms with van der Waals surface area (Å²) < 4.78 is 3.67. The molecule has 0 spiro atoms. The number of aryl methyl sites for hydroxylation is 3. The minimum absolute atomic E-state index is 0.845. The Morgan fingerprint density at radius 3 is 2.90 bits per heavy atom. The van der Waals surface area contributed by atoms with Gasteiger partial charge in [0.25, 0.3) is 0 Å². The van der Waals surface area contributed by atoms with Gasteiger partial charge in [-0.05, 0) is 20.3 Å². The molecule has 3 heterocycles. The van der Waals surface area contributed by atoms with Crippen molar-refractivity contribution in [3.63, 3.8) is 0 Å². The average molecular weight is 271 g/mol. The molecule has 3 aromatic rings. The standard InChI is InChI=1S/C13H17N7/c1-10-6-12(20-13(17-10)7-11(2)18-20)15-4-3-5-19-9-14-8-16-19/h6-9,15H,3-5H2,1-2H3.